The van der Waals surface area contributed by atoms with Gasteiger partial charge in [-0.3, -0.25) is 9.59 Å². The molecule has 10 heteroatoms. The van der Waals surface area contributed by atoms with Crippen molar-refractivity contribution in [2.24, 2.45) is 5.10 Å². The topological polar surface area (TPSA) is 113 Å². The predicted molar refractivity (Wildman–Crippen MR) is 146 cm³/mol. The van der Waals surface area contributed by atoms with E-state index in [4.69, 9.17) is 21.1 Å². The molecule has 0 unspecified atom stereocenters. The first-order chi connectivity index (χ1) is 17.9. The summed E-state index contributed by atoms with van der Waals surface area (Å²) in [5.41, 5.74) is 4.93. The second kappa shape index (κ2) is 14.0. The van der Waals surface area contributed by atoms with Gasteiger partial charge in [0, 0.05) is 29.1 Å². The van der Waals surface area contributed by atoms with E-state index in [0.717, 1.165) is 5.56 Å². The number of nitrogens with one attached hydrogen (secondary N) is 2. The van der Waals surface area contributed by atoms with Gasteiger partial charge in [0.1, 0.15) is 6.61 Å². The first-order valence-corrected chi connectivity index (χ1v) is 12.5. The van der Waals surface area contributed by atoms with Gasteiger partial charge in [0.05, 0.1) is 28.9 Å². The first-order valence-electron chi connectivity index (χ1n) is 11.3. The molecule has 3 aromatic carbocycles. The highest BCUT2D eigenvalue weighted by Crippen LogP contribution is 2.37. The summed E-state index contributed by atoms with van der Waals surface area (Å²) in [4.78, 5) is 24.2. The van der Waals surface area contributed by atoms with Gasteiger partial charge in [-0.05, 0) is 64.8 Å². The van der Waals surface area contributed by atoms with Crippen molar-refractivity contribution >= 4 is 51.2 Å². The number of hydrazone groups is 1. The number of carbonyl (C=O) groups excluding carboxylic acids is 2. The highest BCUT2D eigenvalue weighted by Gasteiger charge is 2.13. The smallest absolute Gasteiger partial charge is 0.240 e. The van der Waals surface area contributed by atoms with Crippen LogP contribution in [0.3, 0.4) is 0 Å². The van der Waals surface area contributed by atoms with Gasteiger partial charge in [0.25, 0.3) is 0 Å². The average Bonchev–Trinajstić information content (AvgIpc) is 2.87. The SMILES string of the molecule is CCOc1cc(C=NNC(=O)CCC(=O)Nc2cccc(Cl)c2)cc(Br)c1OCc1ccccc1C#N. The lowest BCUT2D eigenvalue weighted by Gasteiger charge is -2.15. The van der Waals surface area contributed by atoms with Crippen LogP contribution in [0.2, 0.25) is 5.02 Å². The van der Waals surface area contributed by atoms with E-state index >= 15 is 0 Å². The standard InChI is InChI=1S/C27H24BrClN4O4/c1-2-36-24-13-18(12-23(28)27(24)37-17-20-7-4-3-6-19(20)15-30)16-31-33-26(35)11-10-25(34)32-22-9-5-8-21(29)14-22/h3-9,12-14,16H,2,10-11,17H2,1H3,(H,32,34)(H,33,35). The Kier molecular flexibility index (Phi) is 10.5. The molecule has 0 aliphatic heterocycles. The molecule has 3 rings (SSSR count). The number of halogens is 2. The minimum atomic E-state index is -0.405. The monoisotopic (exact) mass is 582 g/mol. The van der Waals surface area contributed by atoms with Gasteiger partial charge in [0.2, 0.25) is 11.8 Å². The van der Waals surface area contributed by atoms with Crippen molar-refractivity contribution in [2.75, 3.05) is 11.9 Å². The van der Waals surface area contributed by atoms with Gasteiger partial charge < -0.3 is 14.8 Å². The summed E-state index contributed by atoms with van der Waals surface area (Å²) < 4.78 is 12.3. The van der Waals surface area contributed by atoms with Crippen molar-refractivity contribution in [3.63, 3.8) is 0 Å². The Morgan fingerprint density at radius 2 is 1.86 bits per heavy atom. The molecule has 0 spiro atoms. The molecule has 0 radical (unpaired) electrons. The largest absolute Gasteiger partial charge is 0.490 e. The van der Waals surface area contributed by atoms with Gasteiger partial charge in [-0.1, -0.05) is 35.9 Å². The molecule has 3 aromatic rings. The van der Waals surface area contributed by atoms with E-state index in [-0.39, 0.29) is 25.4 Å². The molecule has 0 fully saturated rings. The number of rotatable bonds is 11. The van der Waals surface area contributed by atoms with Crippen molar-refractivity contribution in [3.8, 4) is 17.6 Å². The molecule has 2 N–H and O–H groups in total. The molecule has 0 bridgehead atoms. The second-order valence-corrected chi connectivity index (χ2v) is 8.96. The third kappa shape index (κ3) is 8.63. The van der Waals surface area contributed by atoms with Gasteiger partial charge in [0.15, 0.2) is 11.5 Å². The molecular formula is C27H24BrClN4O4. The maximum Gasteiger partial charge on any atom is 0.240 e. The van der Waals surface area contributed by atoms with Crippen LogP contribution < -0.4 is 20.2 Å². The van der Waals surface area contributed by atoms with Crippen LogP contribution in [0.15, 0.2) is 70.2 Å². The zero-order valence-electron chi connectivity index (χ0n) is 20.0. The molecule has 0 heterocycles. The van der Waals surface area contributed by atoms with E-state index in [1.165, 1.54) is 6.21 Å². The lowest BCUT2D eigenvalue weighted by molar-refractivity contribution is -0.124. The number of hydrogen-bond donors (Lipinski definition) is 2. The summed E-state index contributed by atoms with van der Waals surface area (Å²) in [5.74, 6) is 0.260. The van der Waals surface area contributed by atoms with Crippen LogP contribution in [0.4, 0.5) is 5.69 Å². The molecule has 0 atom stereocenters. The Labute approximate surface area is 228 Å². The molecule has 0 aliphatic rings. The Bertz CT molecular complexity index is 1340. The minimum Gasteiger partial charge on any atom is -0.490 e. The summed E-state index contributed by atoms with van der Waals surface area (Å²) >= 11 is 9.40. The number of ether oxygens (including phenoxy) is 2. The molecular weight excluding hydrogens is 560 g/mol. The maximum absolute atomic E-state index is 12.1. The summed E-state index contributed by atoms with van der Waals surface area (Å²) in [6, 6.07) is 19.6. The van der Waals surface area contributed by atoms with Crippen LogP contribution in [0.5, 0.6) is 11.5 Å². The summed E-state index contributed by atoms with van der Waals surface area (Å²) in [6.45, 7) is 2.45. The number of nitrogens with zero attached hydrogens (tertiary/aromatic N) is 2. The van der Waals surface area contributed by atoms with Crippen LogP contribution in [0.25, 0.3) is 0 Å². The number of amides is 2. The highest BCUT2D eigenvalue weighted by molar-refractivity contribution is 9.10. The Morgan fingerprint density at radius 1 is 1.08 bits per heavy atom. The molecule has 190 valence electrons. The lowest BCUT2D eigenvalue weighted by Crippen LogP contribution is -2.20. The van der Waals surface area contributed by atoms with Gasteiger partial charge in [-0.2, -0.15) is 10.4 Å². The molecule has 0 saturated heterocycles. The Balaban J connectivity index is 1.57. The minimum absolute atomic E-state index is 0.00509. The number of anilines is 1. The molecule has 2 amide bonds. The van der Waals surface area contributed by atoms with Gasteiger partial charge >= 0.3 is 0 Å². The normalized spacial score (nSPS) is 10.5. The Morgan fingerprint density at radius 3 is 2.62 bits per heavy atom. The molecule has 37 heavy (non-hydrogen) atoms. The van der Waals surface area contributed by atoms with Crippen LogP contribution in [0, 0.1) is 11.3 Å². The third-order valence-electron chi connectivity index (χ3n) is 4.93. The van der Waals surface area contributed by atoms with E-state index in [2.05, 4.69) is 37.8 Å². The van der Waals surface area contributed by atoms with Gasteiger partial charge in [-0.25, -0.2) is 5.43 Å². The predicted octanol–water partition coefficient (Wildman–Crippen LogP) is 5.82. The van der Waals surface area contributed by atoms with E-state index in [1.807, 2.05) is 19.1 Å². The van der Waals surface area contributed by atoms with Crippen molar-refractivity contribution in [1.29, 1.82) is 5.26 Å². The number of carbonyl (C=O) groups is 2. The van der Waals surface area contributed by atoms with Crippen LogP contribution in [-0.4, -0.2) is 24.6 Å². The highest BCUT2D eigenvalue weighted by atomic mass is 79.9. The van der Waals surface area contributed by atoms with E-state index in [0.29, 0.717) is 44.4 Å². The second-order valence-electron chi connectivity index (χ2n) is 7.67. The van der Waals surface area contributed by atoms with E-state index < -0.39 is 5.91 Å². The fourth-order valence-corrected chi connectivity index (χ4v) is 3.99. The van der Waals surface area contributed by atoms with Crippen molar-refractivity contribution in [2.45, 2.75) is 26.4 Å². The van der Waals surface area contributed by atoms with E-state index in [1.54, 1.807) is 48.5 Å². The maximum atomic E-state index is 12.1. The fraction of sp³-hybridized carbons (Fsp3) is 0.185. The third-order valence-corrected chi connectivity index (χ3v) is 5.76. The number of benzene rings is 3. The number of hydrogen-bond acceptors (Lipinski definition) is 6. The average molecular weight is 584 g/mol. The van der Waals surface area contributed by atoms with Crippen LogP contribution >= 0.6 is 27.5 Å². The van der Waals surface area contributed by atoms with Crippen LogP contribution in [0.1, 0.15) is 36.5 Å². The molecule has 0 saturated carbocycles. The zero-order valence-corrected chi connectivity index (χ0v) is 22.3. The lowest BCUT2D eigenvalue weighted by atomic mass is 10.1. The van der Waals surface area contributed by atoms with Crippen LogP contribution in [-0.2, 0) is 16.2 Å². The molecule has 0 aliphatic carbocycles. The zero-order chi connectivity index (χ0) is 26.6. The summed E-state index contributed by atoms with van der Waals surface area (Å²) in [5, 5.41) is 16.5. The van der Waals surface area contributed by atoms with Crippen molar-refractivity contribution in [1.82, 2.24) is 5.43 Å². The fourth-order valence-electron chi connectivity index (χ4n) is 3.22. The van der Waals surface area contributed by atoms with Gasteiger partial charge in [-0.15, -0.1) is 0 Å². The first kappa shape index (κ1) is 27.7. The van der Waals surface area contributed by atoms with Crippen molar-refractivity contribution < 1.29 is 19.1 Å². The summed E-state index contributed by atoms with van der Waals surface area (Å²) in [6.07, 6.45) is 1.43. The quantitative estimate of drug-likeness (QED) is 0.218. The van der Waals surface area contributed by atoms with Crippen molar-refractivity contribution in [3.05, 3.63) is 86.8 Å². The molecule has 8 nitrogen and oxygen atoms in total. The van der Waals surface area contributed by atoms with E-state index in [9.17, 15) is 14.9 Å². The number of nitriles is 1. The summed E-state index contributed by atoms with van der Waals surface area (Å²) in [7, 11) is 0. The Hall–Kier alpha value is -3.87. The molecule has 0 aromatic heterocycles.